The summed E-state index contributed by atoms with van der Waals surface area (Å²) in [5, 5.41) is 5.07. The van der Waals surface area contributed by atoms with Crippen LogP contribution in [0.4, 0.5) is 0 Å². The predicted molar refractivity (Wildman–Crippen MR) is 231 cm³/mol. The summed E-state index contributed by atoms with van der Waals surface area (Å²) in [5.41, 5.74) is 16.1. The second-order valence-corrected chi connectivity index (χ2v) is 38.8. The maximum atomic E-state index is 8.78. The average molecular weight is 814 g/mol. The van der Waals surface area contributed by atoms with E-state index < -0.39 is 16.4 Å². The van der Waals surface area contributed by atoms with Crippen LogP contribution in [0, 0.1) is 13.8 Å². The molecule has 2 aliphatic carbocycles. The number of unbranched alkanes of at least 4 members (excludes halogenated alkanes) is 2. The molecule has 6 aromatic carbocycles. The molecule has 3 heteroatoms. The van der Waals surface area contributed by atoms with Crippen molar-refractivity contribution in [1.82, 2.24) is 0 Å². The van der Waals surface area contributed by atoms with Gasteiger partial charge in [0.1, 0.15) is 0 Å². The summed E-state index contributed by atoms with van der Waals surface area (Å²) in [6, 6.07) is 40.5. The van der Waals surface area contributed by atoms with Gasteiger partial charge in [-0.05, 0) is 0 Å². The Kier molecular flexibility index (Phi) is 10.0. The molecule has 53 heavy (non-hydrogen) atoms. The fourth-order valence-electron chi connectivity index (χ4n) is 9.81. The van der Waals surface area contributed by atoms with Crippen LogP contribution in [-0.4, -0.2) is 0 Å². The van der Waals surface area contributed by atoms with Gasteiger partial charge in [-0.1, -0.05) is 0 Å². The Labute approximate surface area is 325 Å². The van der Waals surface area contributed by atoms with Gasteiger partial charge in [-0.25, -0.2) is 0 Å². The minimum absolute atomic E-state index is 0.0523. The van der Waals surface area contributed by atoms with E-state index in [1.807, 2.05) is 0 Å². The molecule has 2 aliphatic rings. The molecule has 0 heterocycles. The van der Waals surface area contributed by atoms with Gasteiger partial charge in [-0.15, -0.1) is 0 Å². The monoisotopic (exact) mass is 811 g/mol. The van der Waals surface area contributed by atoms with Gasteiger partial charge >= 0.3 is 328 Å². The van der Waals surface area contributed by atoms with Crippen LogP contribution < -0.4 is 0 Å². The fourth-order valence-corrected chi connectivity index (χ4v) is 28.2. The second-order valence-electron chi connectivity index (χ2n) is 15.9. The Morgan fingerprint density at radius 3 is 1.32 bits per heavy atom. The van der Waals surface area contributed by atoms with Crippen molar-refractivity contribution in [3.63, 3.8) is 0 Å². The third-order valence-corrected chi connectivity index (χ3v) is 33.3. The molecule has 0 saturated carbocycles. The number of benzene rings is 6. The first-order chi connectivity index (χ1) is 25.7. The Morgan fingerprint density at radius 2 is 0.925 bits per heavy atom. The van der Waals surface area contributed by atoms with Gasteiger partial charge < -0.3 is 0 Å². The molecule has 0 amide bonds. The third kappa shape index (κ3) is 6.24. The van der Waals surface area contributed by atoms with Gasteiger partial charge in [0.15, 0.2) is 0 Å². The van der Waals surface area contributed by atoms with Crippen LogP contribution >= 0.6 is 17.0 Å². The molecular weight excluding hydrogens is 763 g/mol. The maximum absolute atomic E-state index is 8.78. The van der Waals surface area contributed by atoms with Crippen LogP contribution in [0.15, 0.2) is 120 Å². The number of aryl methyl sites for hydroxylation is 2. The topological polar surface area (TPSA) is 0 Å². The van der Waals surface area contributed by atoms with Crippen LogP contribution in [-0.2, 0) is 16.4 Å². The summed E-state index contributed by atoms with van der Waals surface area (Å²) in [4.78, 5) is 0. The molecule has 0 radical (unpaired) electrons. The molecule has 0 spiro atoms. The van der Waals surface area contributed by atoms with Gasteiger partial charge in [-0.2, -0.15) is 0 Å². The molecule has 269 valence electrons. The zero-order valence-corrected chi connectivity index (χ0v) is 35.9. The van der Waals surface area contributed by atoms with E-state index in [1.165, 1.54) is 88.3 Å². The van der Waals surface area contributed by atoms with Crippen molar-refractivity contribution in [3.05, 3.63) is 154 Å². The molecule has 0 nitrogen and oxygen atoms in total. The summed E-state index contributed by atoms with van der Waals surface area (Å²) < 4.78 is 0.929. The molecule has 8 rings (SSSR count). The van der Waals surface area contributed by atoms with Gasteiger partial charge in [0.2, 0.25) is 0 Å². The SMILES string of the molecule is CCCCC1=Cc2c(-c3ccc4ccccc4c3)ccc(C)c2[CH]1[Zr]([Cl])([Cl])([CH2]C)[CH]1C(CCCC)=Cc2c(-c3ccc4ccccc4c3)ccc(C)c21. The molecule has 0 aromatic heterocycles. The Hall–Kier alpha value is -3.22. The van der Waals surface area contributed by atoms with Crippen molar-refractivity contribution in [2.75, 3.05) is 0 Å². The van der Waals surface area contributed by atoms with Crippen LogP contribution in [0.3, 0.4) is 0 Å². The van der Waals surface area contributed by atoms with E-state index in [2.05, 4.69) is 156 Å². The normalized spacial score (nSPS) is 17.4. The van der Waals surface area contributed by atoms with E-state index >= 15 is 0 Å². The first-order valence-corrected chi connectivity index (χ1v) is 30.8. The Balaban J connectivity index is 1.35. The summed E-state index contributed by atoms with van der Waals surface area (Å²) in [6.07, 6.45) is 11.7. The molecular formula is C50H51Cl2Zr. The van der Waals surface area contributed by atoms with Crippen molar-refractivity contribution in [2.45, 2.75) is 84.5 Å². The fraction of sp³-hybridized carbons (Fsp3) is 0.280. The van der Waals surface area contributed by atoms with Crippen molar-refractivity contribution >= 4 is 50.7 Å². The van der Waals surface area contributed by atoms with E-state index in [-0.39, 0.29) is 7.25 Å². The van der Waals surface area contributed by atoms with Crippen LogP contribution in [0.2, 0.25) is 4.13 Å². The van der Waals surface area contributed by atoms with E-state index in [0.29, 0.717) is 0 Å². The van der Waals surface area contributed by atoms with E-state index in [0.717, 1.165) is 42.7 Å². The zero-order chi connectivity index (χ0) is 36.9. The second kappa shape index (κ2) is 14.5. The molecule has 6 aromatic rings. The summed E-state index contributed by atoms with van der Waals surface area (Å²) in [6.45, 7) is 11.5. The van der Waals surface area contributed by atoms with E-state index in [4.69, 9.17) is 17.0 Å². The standard InChI is InChI=1S/2C24H23.C2H5.2ClH.Zr/c2*1-3-4-7-18-14-23-17(2)10-13-22(24(23)15-18)21-12-11-19-8-5-6-9-20(19)16-21;1-2;;;/h2*5-6,8-16H,3-4,7H2,1-2H3;1H2,2H3;2*1H;/q;;;;;+2/p-2. The van der Waals surface area contributed by atoms with Crippen molar-refractivity contribution in [3.8, 4) is 22.3 Å². The number of hydrogen-bond acceptors (Lipinski definition) is 0. The number of allylic oxidation sites excluding steroid dienone is 2. The molecule has 0 bridgehead atoms. The van der Waals surface area contributed by atoms with E-state index in [9.17, 15) is 0 Å². The Bertz CT molecular complexity index is 2280. The number of fused-ring (bicyclic) bond motifs is 4. The van der Waals surface area contributed by atoms with Gasteiger partial charge in [-0.3, -0.25) is 0 Å². The number of hydrogen-bond donors (Lipinski definition) is 0. The van der Waals surface area contributed by atoms with Crippen molar-refractivity contribution < 1.29 is 16.4 Å². The number of rotatable bonds is 11. The Morgan fingerprint density at radius 1 is 0.509 bits per heavy atom. The summed E-state index contributed by atoms with van der Waals surface area (Å²) in [7, 11) is 17.6. The first-order valence-electron chi connectivity index (χ1n) is 19.9. The van der Waals surface area contributed by atoms with Crippen molar-refractivity contribution in [2.24, 2.45) is 0 Å². The quantitative estimate of drug-likeness (QED) is 0.122. The molecule has 2 atom stereocenters. The molecule has 0 N–H and O–H groups in total. The third-order valence-electron chi connectivity index (χ3n) is 12.6. The van der Waals surface area contributed by atoms with E-state index in [1.54, 1.807) is 0 Å². The van der Waals surface area contributed by atoms with Gasteiger partial charge in [0, 0.05) is 0 Å². The van der Waals surface area contributed by atoms with Gasteiger partial charge in [0.25, 0.3) is 0 Å². The molecule has 0 saturated heterocycles. The predicted octanol–water partition coefficient (Wildman–Crippen LogP) is 16.3. The van der Waals surface area contributed by atoms with Crippen LogP contribution in [0.25, 0.3) is 56.0 Å². The summed E-state index contributed by atoms with van der Waals surface area (Å²) >= 11 is -5.00. The van der Waals surface area contributed by atoms with Gasteiger partial charge in [0.05, 0.1) is 0 Å². The molecule has 0 fully saturated rings. The average Bonchev–Trinajstić information content (AvgIpc) is 3.78. The first kappa shape index (κ1) is 36.7. The summed E-state index contributed by atoms with van der Waals surface area (Å²) in [5.74, 6) is 0. The minimum atomic E-state index is -5.00. The van der Waals surface area contributed by atoms with Crippen LogP contribution in [0.5, 0.6) is 0 Å². The molecule has 2 unspecified atom stereocenters. The molecule has 0 aliphatic heterocycles. The zero-order valence-electron chi connectivity index (χ0n) is 31.9. The number of halogens is 2. The van der Waals surface area contributed by atoms with Crippen molar-refractivity contribution in [1.29, 1.82) is 0 Å². The van der Waals surface area contributed by atoms with Crippen LogP contribution in [0.1, 0.15) is 99.9 Å².